The van der Waals surface area contributed by atoms with Crippen molar-refractivity contribution in [3.8, 4) is 0 Å². The third-order valence-corrected chi connectivity index (χ3v) is 8.89. The lowest BCUT2D eigenvalue weighted by atomic mass is 9.92. The number of Topliss-reactive ketones (excluding diaryl/α,β-unsaturated/α-hetero) is 2. The fourth-order valence-electron chi connectivity index (χ4n) is 5.61. The maximum atomic E-state index is 12.4. The third kappa shape index (κ3) is 26.6. The molecule has 3 atom stereocenters. The fraction of sp³-hybridized carbons (Fsp3) is 0.784. The van der Waals surface area contributed by atoms with Gasteiger partial charge in [-0.1, -0.05) is 90.9 Å². The summed E-state index contributed by atoms with van der Waals surface area (Å²) in [4.78, 5) is 94.4. The zero-order valence-electron chi connectivity index (χ0n) is 30.6. The Labute approximate surface area is 301 Å². The Kier molecular flexibility index (Phi) is 26.6. The predicted molar refractivity (Wildman–Crippen MR) is 189 cm³/mol. The highest BCUT2D eigenvalue weighted by molar-refractivity contribution is 5.88. The van der Waals surface area contributed by atoms with E-state index in [1.165, 1.54) is 25.7 Å². The van der Waals surface area contributed by atoms with Crippen LogP contribution in [0.4, 0.5) is 0 Å². The van der Waals surface area contributed by atoms with Crippen molar-refractivity contribution in [2.45, 2.75) is 174 Å². The van der Waals surface area contributed by atoms with Crippen LogP contribution >= 0.6 is 0 Å². The summed E-state index contributed by atoms with van der Waals surface area (Å²) in [5.41, 5.74) is 0. The molecule has 51 heavy (non-hydrogen) atoms. The maximum Gasteiger partial charge on any atom is 0.326 e. The molecule has 6 N–H and O–H groups in total. The third-order valence-electron chi connectivity index (χ3n) is 8.89. The van der Waals surface area contributed by atoms with E-state index in [9.17, 15) is 53.7 Å². The molecule has 14 nitrogen and oxygen atoms in total. The molecule has 0 saturated carbocycles. The van der Waals surface area contributed by atoms with Gasteiger partial charge in [0.1, 0.15) is 23.7 Å². The van der Waals surface area contributed by atoms with Gasteiger partial charge in [-0.25, -0.2) is 9.59 Å². The minimum atomic E-state index is -1.45. The van der Waals surface area contributed by atoms with E-state index in [2.05, 4.69) is 10.6 Å². The number of carboxylic acids is 4. The first kappa shape index (κ1) is 47.2. The van der Waals surface area contributed by atoms with Gasteiger partial charge in [0.25, 0.3) is 0 Å². The number of hydrogen-bond donors (Lipinski definition) is 6. The average Bonchev–Trinajstić information content (AvgIpc) is 3.05. The molecule has 0 aliphatic heterocycles. The summed E-state index contributed by atoms with van der Waals surface area (Å²) < 4.78 is 0. The Hall–Kier alpha value is -3.84. The van der Waals surface area contributed by atoms with Crippen LogP contribution in [0.25, 0.3) is 0 Å². The van der Waals surface area contributed by atoms with Crippen molar-refractivity contribution in [1.82, 2.24) is 10.6 Å². The van der Waals surface area contributed by atoms with Crippen molar-refractivity contribution >= 4 is 47.3 Å². The Morgan fingerprint density at radius 3 is 1.24 bits per heavy atom. The maximum absolute atomic E-state index is 12.4. The quantitative estimate of drug-likeness (QED) is 0.0439. The molecule has 0 saturated heterocycles. The largest absolute Gasteiger partial charge is 0.481 e. The van der Waals surface area contributed by atoms with Gasteiger partial charge in [0.05, 0.1) is 5.92 Å². The summed E-state index contributed by atoms with van der Waals surface area (Å²) in [6.07, 6.45) is 13.3. The minimum Gasteiger partial charge on any atom is -0.481 e. The van der Waals surface area contributed by atoms with Crippen LogP contribution in [-0.2, 0) is 38.4 Å². The standard InChI is InChI=1S/C37H62N2O12/c1-26(2)31(41)23-19-27(35(46)47)25-28(40)20-21-29(36(48)49)39-33(43)24-22-30(37(50)51)38-32(42)17-15-13-11-9-7-5-3-4-6-8-10-12-14-16-18-34(44)45/h26-27,29-30H,3-25H2,1-2H3,(H,38,42)(H,39,43)(H,44,45)(H,46,47)(H,48,49)(H,50,51)/t27-,29+,30+/m1/s1. The zero-order chi connectivity index (χ0) is 38.6. The molecule has 14 heteroatoms. The number of unbranched alkanes of at least 4 members (excludes halogenated alkanes) is 13. The number of hydrogen-bond acceptors (Lipinski definition) is 8. The summed E-state index contributed by atoms with van der Waals surface area (Å²) in [7, 11) is 0. The SMILES string of the molecule is CC(C)C(=O)CC[C@H](CC(=O)CC[C@H](NC(=O)CC[C@H](NC(=O)CCCCCCCCCCCCCCCCC(=O)O)C(=O)O)C(=O)O)C(=O)O. The topological polar surface area (TPSA) is 242 Å². The molecule has 0 unspecified atom stereocenters. The molecule has 0 heterocycles. The van der Waals surface area contributed by atoms with Crippen LogP contribution in [-0.4, -0.2) is 79.8 Å². The summed E-state index contributed by atoms with van der Waals surface area (Å²) in [5.74, 6) is -7.89. The molecule has 0 aliphatic carbocycles. The van der Waals surface area contributed by atoms with Gasteiger partial charge in [-0.3, -0.25) is 28.8 Å². The van der Waals surface area contributed by atoms with Gasteiger partial charge < -0.3 is 31.1 Å². The van der Waals surface area contributed by atoms with Gasteiger partial charge >= 0.3 is 23.9 Å². The number of amides is 2. The van der Waals surface area contributed by atoms with Crippen LogP contribution in [0.5, 0.6) is 0 Å². The highest BCUT2D eigenvalue weighted by Crippen LogP contribution is 2.17. The zero-order valence-corrected chi connectivity index (χ0v) is 30.6. The van der Waals surface area contributed by atoms with E-state index in [1.807, 2.05) is 0 Å². The Balaban J connectivity index is 4.28. The van der Waals surface area contributed by atoms with E-state index in [4.69, 9.17) is 5.11 Å². The van der Waals surface area contributed by atoms with E-state index in [0.29, 0.717) is 6.42 Å². The van der Waals surface area contributed by atoms with Crippen LogP contribution in [0.15, 0.2) is 0 Å². The summed E-state index contributed by atoms with van der Waals surface area (Å²) in [5, 5.41) is 41.8. The monoisotopic (exact) mass is 726 g/mol. The van der Waals surface area contributed by atoms with Gasteiger partial charge in [0.2, 0.25) is 11.8 Å². The highest BCUT2D eigenvalue weighted by atomic mass is 16.4. The van der Waals surface area contributed by atoms with Crippen molar-refractivity contribution in [3.05, 3.63) is 0 Å². The molecule has 2 amide bonds. The van der Waals surface area contributed by atoms with Gasteiger partial charge in [0, 0.05) is 44.4 Å². The Bertz CT molecular complexity index is 1110. The number of carbonyl (C=O) groups is 8. The van der Waals surface area contributed by atoms with Crippen molar-refractivity contribution in [2.75, 3.05) is 0 Å². The molecule has 0 aromatic carbocycles. The predicted octanol–water partition coefficient (Wildman–Crippen LogP) is 5.68. The van der Waals surface area contributed by atoms with Gasteiger partial charge in [-0.2, -0.15) is 0 Å². The van der Waals surface area contributed by atoms with Gasteiger partial charge in [-0.05, 0) is 32.1 Å². The highest BCUT2D eigenvalue weighted by Gasteiger charge is 2.27. The van der Waals surface area contributed by atoms with Crippen LogP contribution in [0, 0.1) is 11.8 Å². The average molecular weight is 727 g/mol. The molecule has 0 aromatic rings. The lowest BCUT2D eigenvalue weighted by Crippen LogP contribution is -2.44. The molecule has 292 valence electrons. The number of ketones is 2. The molecule has 0 bridgehead atoms. The van der Waals surface area contributed by atoms with E-state index in [0.717, 1.165) is 57.8 Å². The van der Waals surface area contributed by atoms with Crippen molar-refractivity contribution in [1.29, 1.82) is 0 Å². The number of nitrogens with one attached hydrogen (secondary N) is 2. The van der Waals surface area contributed by atoms with Crippen LogP contribution in [0.1, 0.15) is 162 Å². The van der Waals surface area contributed by atoms with E-state index < -0.39 is 59.5 Å². The fourth-order valence-corrected chi connectivity index (χ4v) is 5.61. The molecule has 0 aliphatic rings. The van der Waals surface area contributed by atoms with E-state index >= 15 is 0 Å². The number of carboxylic acid groups (broad SMARTS) is 4. The first-order valence-corrected chi connectivity index (χ1v) is 18.7. The summed E-state index contributed by atoms with van der Waals surface area (Å²) in [6, 6.07) is -2.79. The van der Waals surface area contributed by atoms with Crippen molar-refractivity contribution in [2.24, 2.45) is 11.8 Å². The lowest BCUT2D eigenvalue weighted by molar-refractivity contribution is -0.145. The molecule has 0 spiro atoms. The smallest absolute Gasteiger partial charge is 0.326 e. The Morgan fingerprint density at radius 2 is 0.843 bits per heavy atom. The minimum absolute atomic E-state index is 0.0115. The van der Waals surface area contributed by atoms with Gasteiger partial charge in [-0.15, -0.1) is 0 Å². The molecule has 0 radical (unpaired) electrons. The molecular weight excluding hydrogens is 664 g/mol. The van der Waals surface area contributed by atoms with Crippen LogP contribution < -0.4 is 10.6 Å². The van der Waals surface area contributed by atoms with E-state index in [1.54, 1.807) is 13.8 Å². The first-order chi connectivity index (χ1) is 24.1. The second kappa shape index (κ2) is 28.8. The van der Waals surface area contributed by atoms with Crippen molar-refractivity contribution < 1.29 is 58.8 Å². The molecular formula is C37H62N2O12. The molecule has 0 aromatic heterocycles. The summed E-state index contributed by atoms with van der Waals surface area (Å²) >= 11 is 0. The van der Waals surface area contributed by atoms with E-state index in [-0.39, 0.29) is 69.5 Å². The second-order valence-electron chi connectivity index (χ2n) is 13.8. The second-order valence-corrected chi connectivity index (χ2v) is 13.8. The van der Waals surface area contributed by atoms with Crippen molar-refractivity contribution in [3.63, 3.8) is 0 Å². The van der Waals surface area contributed by atoms with Crippen LogP contribution in [0.2, 0.25) is 0 Å². The molecule has 0 fully saturated rings. The van der Waals surface area contributed by atoms with Crippen LogP contribution in [0.3, 0.4) is 0 Å². The molecule has 0 rings (SSSR count). The van der Waals surface area contributed by atoms with Gasteiger partial charge in [0.15, 0.2) is 0 Å². The number of carbonyl (C=O) groups excluding carboxylic acids is 4. The lowest BCUT2D eigenvalue weighted by Gasteiger charge is -2.17. The Morgan fingerprint density at radius 1 is 0.451 bits per heavy atom. The number of rotatable bonds is 34. The number of aliphatic carboxylic acids is 4. The first-order valence-electron chi connectivity index (χ1n) is 18.7. The normalized spacial score (nSPS) is 12.8. The summed E-state index contributed by atoms with van der Waals surface area (Å²) in [6.45, 7) is 3.38.